The summed E-state index contributed by atoms with van der Waals surface area (Å²) in [5, 5.41) is 2.95. The standard InChI is InChI=1S/C19H25NO3S/c1-4-17(23-18-9-5-7-14(2)15(18)3)19(21)20-10-12-24-13-16-8-6-11-22-16/h5-9,11,17H,4,10,12-13H2,1-3H3,(H,20,21)/t17-/m1/s1. The molecule has 0 spiro atoms. The molecule has 1 heterocycles. The van der Waals surface area contributed by atoms with Crippen LogP contribution in [0.5, 0.6) is 5.75 Å². The molecule has 1 amide bonds. The number of furan rings is 1. The lowest BCUT2D eigenvalue weighted by Crippen LogP contribution is -2.39. The lowest BCUT2D eigenvalue weighted by Gasteiger charge is -2.19. The molecule has 2 aromatic rings. The van der Waals surface area contributed by atoms with Gasteiger partial charge in [0.2, 0.25) is 0 Å². The summed E-state index contributed by atoms with van der Waals surface area (Å²) >= 11 is 1.73. The van der Waals surface area contributed by atoms with Crippen LogP contribution in [0.3, 0.4) is 0 Å². The zero-order valence-corrected chi connectivity index (χ0v) is 15.3. The molecule has 5 heteroatoms. The summed E-state index contributed by atoms with van der Waals surface area (Å²) in [6, 6.07) is 9.75. The van der Waals surface area contributed by atoms with Crippen LogP contribution in [0.25, 0.3) is 0 Å². The summed E-state index contributed by atoms with van der Waals surface area (Å²) in [5.74, 6) is 3.34. The average Bonchev–Trinajstić information content (AvgIpc) is 3.09. The number of thioether (sulfide) groups is 1. The van der Waals surface area contributed by atoms with Crippen molar-refractivity contribution in [1.82, 2.24) is 5.32 Å². The van der Waals surface area contributed by atoms with Gasteiger partial charge in [-0.2, -0.15) is 11.8 Å². The number of nitrogens with one attached hydrogen (secondary N) is 1. The van der Waals surface area contributed by atoms with Crippen LogP contribution in [0.15, 0.2) is 41.0 Å². The highest BCUT2D eigenvalue weighted by atomic mass is 32.2. The third kappa shape index (κ3) is 5.34. The number of aryl methyl sites for hydroxylation is 1. The van der Waals surface area contributed by atoms with Crippen molar-refractivity contribution in [1.29, 1.82) is 0 Å². The third-order valence-electron chi connectivity index (χ3n) is 3.86. The fourth-order valence-corrected chi connectivity index (χ4v) is 3.01. The Morgan fingerprint density at radius 1 is 1.29 bits per heavy atom. The van der Waals surface area contributed by atoms with Gasteiger partial charge < -0.3 is 14.5 Å². The number of benzene rings is 1. The van der Waals surface area contributed by atoms with E-state index in [2.05, 4.69) is 5.32 Å². The summed E-state index contributed by atoms with van der Waals surface area (Å²) < 4.78 is 11.2. The summed E-state index contributed by atoms with van der Waals surface area (Å²) in [6.45, 7) is 6.64. The summed E-state index contributed by atoms with van der Waals surface area (Å²) in [4.78, 5) is 12.3. The van der Waals surface area contributed by atoms with Gasteiger partial charge in [-0.3, -0.25) is 4.79 Å². The molecule has 0 aliphatic heterocycles. The Morgan fingerprint density at radius 2 is 2.12 bits per heavy atom. The van der Waals surface area contributed by atoms with Gasteiger partial charge >= 0.3 is 0 Å². The molecule has 0 bridgehead atoms. The van der Waals surface area contributed by atoms with Gasteiger partial charge in [0, 0.05) is 12.3 Å². The first-order chi connectivity index (χ1) is 11.6. The lowest BCUT2D eigenvalue weighted by molar-refractivity contribution is -0.128. The SMILES string of the molecule is CC[C@@H](Oc1cccc(C)c1C)C(=O)NCCSCc1ccco1. The van der Waals surface area contributed by atoms with Crippen LogP contribution in [-0.2, 0) is 10.5 Å². The van der Waals surface area contributed by atoms with Gasteiger partial charge in [-0.25, -0.2) is 0 Å². The topological polar surface area (TPSA) is 51.5 Å². The molecule has 130 valence electrons. The maximum Gasteiger partial charge on any atom is 0.261 e. The minimum atomic E-state index is -0.458. The summed E-state index contributed by atoms with van der Waals surface area (Å²) in [7, 11) is 0. The smallest absolute Gasteiger partial charge is 0.261 e. The molecule has 2 rings (SSSR count). The highest BCUT2D eigenvalue weighted by Crippen LogP contribution is 2.22. The molecule has 0 fully saturated rings. The van der Waals surface area contributed by atoms with E-state index in [0.717, 1.165) is 34.1 Å². The molecule has 0 aliphatic carbocycles. The second-order valence-electron chi connectivity index (χ2n) is 5.64. The Bertz CT molecular complexity index is 640. The van der Waals surface area contributed by atoms with Gasteiger partial charge in [0.25, 0.3) is 5.91 Å². The Kier molecular flexibility index (Phi) is 7.25. The molecule has 0 unspecified atom stereocenters. The Balaban J connectivity index is 1.75. The Morgan fingerprint density at radius 3 is 2.83 bits per heavy atom. The van der Waals surface area contributed by atoms with Crippen LogP contribution in [0, 0.1) is 13.8 Å². The van der Waals surface area contributed by atoms with Gasteiger partial charge in [0.15, 0.2) is 6.10 Å². The average molecular weight is 347 g/mol. The van der Waals surface area contributed by atoms with Crippen molar-refractivity contribution in [3.05, 3.63) is 53.5 Å². The molecule has 4 nitrogen and oxygen atoms in total. The van der Waals surface area contributed by atoms with Crippen LogP contribution < -0.4 is 10.1 Å². The Labute approximate surface area is 148 Å². The minimum Gasteiger partial charge on any atom is -0.480 e. The quantitative estimate of drug-likeness (QED) is 0.694. The fourth-order valence-electron chi connectivity index (χ4n) is 2.26. The van der Waals surface area contributed by atoms with Gasteiger partial charge in [0.05, 0.1) is 12.0 Å². The zero-order chi connectivity index (χ0) is 17.4. The van der Waals surface area contributed by atoms with E-state index >= 15 is 0 Å². The van der Waals surface area contributed by atoms with Crippen LogP contribution >= 0.6 is 11.8 Å². The number of ether oxygens (including phenoxy) is 1. The van der Waals surface area contributed by atoms with Crippen molar-refractivity contribution < 1.29 is 13.9 Å². The molecule has 1 aromatic heterocycles. The second-order valence-corrected chi connectivity index (χ2v) is 6.74. The van der Waals surface area contributed by atoms with E-state index in [0.29, 0.717) is 13.0 Å². The molecule has 24 heavy (non-hydrogen) atoms. The van der Waals surface area contributed by atoms with E-state index in [1.54, 1.807) is 18.0 Å². The van der Waals surface area contributed by atoms with Crippen molar-refractivity contribution in [2.45, 2.75) is 39.0 Å². The van der Waals surface area contributed by atoms with Gasteiger partial charge in [-0.05, 0) is 49.6 Å². The second kappa shape index (κ2) is 9.42. The summed E-state index contributed by atoms with van der Waals surface area (Å²) in [5.41, 5.74) is 2.25. The molecular formula is C19H25NO3S. The van der Waals surface area contributed by atoms with E-state index in [1.165, 1.54) is 0 Å². The minimum absolute atomic E-state index is 0.0583. The third-order valence-corrected chi connectivity index (χ3v) is 4.84. The van der Waals surface area contributed by atoms with Crippen molar-refractivity contribution in [3.8, 4) is 5.75 Å². The maximum absolute atomic E-state index is 12.3. The van der Waals surface area contributed by atoms with Gasteiger partial charge in [-0.15, -0.1) is 0 Å². The normalized spacial score (nSPS) is 12.0. The fraction of sp³-hybridized carbons (Fsp3) is 0.421. The molecule has 1 N–H and O–H groups in total. The maximum atomic E-state index is 12.3. The van der Waals surface area contributed by atoms with E-state index in [1.807, 2.05) is 51.1 Å². The van der Waals surface area contributed by atoms with Crippen molar-refractivity contribution >= 4 is 17.7 Å². The Hall–Kier alpha value is -1.88. The predicted octanol–water partition coefficient (Wildman–Crippen LogP) is 4.10. The van der Waals surface area contributed by atoms with Gasteiger partial charge in [0.1, 0.15) is 11.5 Å². The first-order valence-corrected chi connectivity index (χ1v) is 9.38. The number of rotatable bonds is 9. The van der Waals surface area contributed by atoms with Crippen LogP contribution in [0.1, 0.15) is 30.2 Å². The lowest BCUT2D eigenvalue weighted by atomic mass is 10.1. The highest BCUT2D eigenvalue weighted by Gasteiger charge is 2.18. The van der Waals surface area contributed by atoms with Crippen LogP contribution in [-0.4, -0.2) is 24.3 Å². The predicted molar refractivity (Wildman–Crippen MR) is 98.5 cm³/mol. The molecule has 0 saturated heterocycles. The molecule has 0 saturated carbocycles. The number of hydrogen-bond donors (Lipinski definition) is 1. The molecule has 0 aliphatic rings. The number of carbonyl (C=O) groups excluding carboxylic acids is 1. The molecule has 0 radical (unpaired) electrons. The molecule has 1 aromatic carbocycles. The highest BCUT2D eigenvalue weighted by molar-refractivity contribution is 7.98. The molecular weight excluding hydrogens is 322 g/mol. The van der Waals surface area contributed by atoms with Crippen molar-refractivity contribution in [2.75, 3.05) is 12.3 Å². The monoisotopic (exact) mass is 347 g/mol. The first kappa shape index (κ1) is 18.5. The molecule has 1 atom stereocenters. The van der Waals surface area contributed by atoms with Gasteiger partial charge in [-0.1, -0.05) is 19.1 Å². The van der Waals surface area contributed by atoms with E-state index in [9.17, 15) is 4.79 Å². The number of amides is 1. The number of carbonyl (C=O) groups is 1. The van der Waals surface area contributed by atoms with Crippen molar-refractivity contribution in [3.63, 3.8) is 0 Å². The van der Waals surface area contributed by atoms with E-state index < -0.39 is 6.10 Å². The summed E-state index contributed by atoms with van der Waals surface area (Å²) in [6.07, 6.45) is 1.85. The van der Waals surface area contributed by atoms with E-state index in [-0.39, 0.29) is 5.91 Å². The van der Waals surface area contributed by atoms with E-state index in [4.69, 9.17) is 9.15 Å². The largest absolute Gasteiger partial charge is 0.480 e. The van der Waals surface area contributed by atoms with Crippen LogP contribution in [0.4, 0.5) is 0 Å². The van der Waals surface area contributed by atoms with Crippen LogP contribution in [0.2, 0.25) is 0 Å². The van der Waals surface area contributed by atoms with Crippen molar-refractivity contribution in [2.24, 2.45) is 0 Å². The number of hydrogen-bond acceptors (Lipinski definition) is 4. The zero-order valence-electron chi connectivity index (χ0n) is 14.5. The first-order valence-electron chi connectivity index (χ1n) is 8.22.